The fourth-order valence-electron chi connectivity index (χ4n) is 1.78. The Labute approximate surface area is 138 Å². The molecule has 2 aromatic carbocycles. The molecule has 0 heterocycles. The van der Waals surface area contributed by atoms with Gasteiger partial charge < -0.3 is 4.74 Å². The molecular formula is C17H17BrN2O2. The maximum absolute atomic E-state index is 11.8. The van der Waals surface area contributed by atoms with Crippen LogP contribution in [0.3, 0.4) is 0 Å². The van der Waals surface area contributed by atoms with E-state index >= 15 is 0 Å². The van der Waals surface area contributed by atoms with Crippen molar-refractivity contribution in [3.05, 3.63) is 64.1 Å². The first-order chi connectivity index (χ1) is 10.6. The van der Waals surface area contributed by atoms with Gasteiger partial charge >= 0.3 is 0 Å². The van der Waals surface area contributed by atoms with Gasteiger partial charge in [-0.25, -0.2) is 5.43 Å². The number of benzene rings is 2. The van der Waals surface area contributed by atoms with Crippen molar-refractivity contribution in [2.75, 3.05) is 6.61 Å². The van der Waals surface area contributed by atoms with Gasteiger partial charge in [-0.05, 0) is 43.2 Å². The van der Waals surface area contributed by atoms with Crippen molar-refractivity contribution in [3.8, 4) is 5.75 Å². The number of amides is 1. The van der Waals surface area contributed by atoms with Crippen molar-refractivity contribution < 1.29 is 9.53 Å². The molecule has 0 unspecified atom stereocenters. The fraction of sp³-hybridized carbons (Fsp3) is 0.176. The highest BCUT2D eigenvalue weighted by Crippen LogP contribution is 2.21. The number of hydrazone groups is 1. The number of hydrogen-bond donors (Lipinski definition) is 1. The van der Waals surface area contributed by atoms with Crippen molar-refractivity contribution in [2.24, 2.45) is 5.10 Å². The van der Waals surface area contributed by atoms with E-state index in [9.17, 15) is 4.79 Å². The molecule has 2 rings (SSSR count). The van der Waals surface area contributed by atoms with Gasteiger partial charge in [0, 0.05) is 4.47 Å². The molecule has 0 fully saturated rings. The zero-order valence-corrected chi connectivity index (χ0v) is 14.1. The van der Waals surface area contributed by atoms with Gasteiger partial charge in [0.1, 0.15) is 5.75 Å². The number of rotatable bonds is 5. The summed E-state index contributed by atoms with van der Waals surface area (Å²) in [6.45, 7) is 3.73. The van der Waals surface area contributed by atoms with Crippen molar-refractivity contribution in [2.45, 2.75) is 13.8 Å². The minimum atomic E-state index is -0.296. The zero-order chi connectivity index (χ0) is 15.9. The summed E-state index contributed by atoms with van der Waals surface area (Å²) in [5.41, 5.74) is 5.25. The molecule has 0 aromatic heterocycles. The van der Waals surface area contributed by atoms with Crippen LogP contribution in [0.2, 0.25) is 0 Å². The van der Waals surface area contributed by atoms with E-state index in [-0.39, 0.29) is 12.5 Å². The standard InChI is InChI=1S/C17H17BrN2O2/c1-12-10-15(8-9-16(12)18)22-11-17(21)20-19-13(2)14-6-4-3-5-7-14/h3-10H,11H2,1-2H3,(H,20,21)/b19-13+. The van der Waals surface area contributed by atoms with Crippen molar-refractivity contribution in [1.82, 2.24) is 5.43 Å². The smallest absolute Gasteiger partial charge is 0.277 e. The lowest BCUT2D eigenvalue weighted by Crippen LogP contribution is -2.25. The average Bonchev–Trinajstić information content (AvgIpc) is 2.54. The Morgan fingerprint density at radius 3 is 2.64 bits per heavy atom. The summed E-state index contributed by atoms with van der Waals surface area (Å²) >= 11 is 3.42. The van der Waals surface area contributed by atoms with E-state index < -0.39 is 0 Å². The lowest BCUT2D eigenvalue weighted by molar-refractivity contribution is -0.123. The van der Waals surface area contributed by atoms with Gasteiger partial charge in [0.25, 0.3) is 5.91 Å². The van der Waals surface area contributed by atoms with E-state index in [1.165, 1.54) is 0 Å². The normalized spacial score (nSPS) is 11.1. The second kappa shape index (κ2) is 7.75. The average molecular weight is 361 g/mol. The van der Waals surface area contributed by atoms with E-state index in [2.05, 4.69) is 26.5 Å². The van der Waals surface area contributed by atoms with Gasteiger partial charge in [0.15, 0.2) is 6.61 Å². The van der Waals surface area contributed by atoms with E-state index in [1.54, 1.807) is 0 Å². The Balaban J connectivity index is 1.86. The first-order valence-electron chi connectivity index (χ1n) is 6.84. The van der Waals surface area contributed by atoms with E-state index in [4.69, 9.17) is 4.74 Å². The van der Waals surface area contributed by atoms with Gasteiger partial charge in [-0.15, -0.1) is 0 Å². The number of carbonyl (C=O) groups is 1. The van der Waals surface area contributed by atoms with Crippen LogP contribution in [0.25, 0.3) is 0 Å². The summed E-state index contributed by atoms with van der Waals surface area (Å²) in [4.78, 5) is 11.8. The van der Waals surface area contributed by atoms with E-state index in [1.807, 2.05) is 62.4 Å². The van der Waals surface area contributed by atoms with Crippen molar-refractivity contribution in [3.63, 3.8) is 0 Å². The SMILES string of the molecule is C/C(=N\NC(=O)COc1ccc(Br)c(C)c1)c1ccccc1. The molecule has 0 aliphatic carbocycles. The highest BCUT2D eigenvalue weighted by atomic mass is 79.9. The molecule has 0 aliphatic rings. The summed E-state index contributed by atoms with van der Waals surface area (Å²) < 4.78 is 6.45. The summed E-state index contributed by atoms with van der Waals surface area (Å²) in [5, 5.41) is 4.07. The van der Waals surface area contributed by atoms with Gasteiger partial charge in [0.2, 0.25) is 0 Å². The summed E-state index contributed by atoms with van der Waals surface area (Å²) in [7, 11) is 0. The van der Waals surface area contributed by atoms with Gasteiger partial charge in [-0.3, -0.25) is 4.79 Å². The third-order valence-corrected chi connectivity index (χ3v) is 3.93. The van der Waals surface area contributed by atoms with Gasteiger partial charge in [-0.2, -0.15) is 5.10 Å². The summed E-state index contributed by atoms with van der Waals surface area (Å²) in [6, 6.07) is 15.2. The molecule has 0 saturated heterocycles. The molecule has 0 spiro atoms. The predicted octanol–water partition coefficient (Wildman–Crippen LogP) is 3.68. The van der Waals surface area contributed by atoms with Crippen molar-refractivity contribution in [1.29, 1.82) is 0 Å². The Bertz CT molecular complexity index is 684. The molecule has 0 atom stereocenters. The lowest BCUT2D eigenvalue weighted by Gasteiger charge is -2.07. The zero-order valence-electron chi connectivity index (χ0n) is 12.5. The molecule has 2 aromatic rings. The molecule has 1 amide bonds. The highest BCUT2D eigenvalue weighted by Gasteiger charge is 2.04. The van der Waals surface area contributed by atoms with Crippen LogP contribution >= 0.6 is 15.9 Å². The molecule has 22 heavy (non-hydrogen) atoms. The number of hydrogen-bond acceptors (Lipinski definition) is 3. The monoisotopic (exact) mass is 360 g/mol. The largest absolute Gasteiger partial charge is 0.484 e. The van der Waals surface area contributed by atoms with Crippen LogP contribution in [-0.4, -0.2) is 18.2 Å². The van der Waals surface area contributed by atoms with Crippen LogP contribution in [0.4, 0.5) is 0 Å². The van der Waals surface area contributed by atoms with Gasteiger partial charge in [-0.1, -0.05) is 46.3 Å². The first kappa shape index (κ1) is 16.2. The van der Waals surface area contributed by atoms with Crippen LogP contribution in [0.15, 0.2) is 58.1 Å². The predicted molar refractivity (Wildman–Crippen MR) is 91.2 cm³/mol. The Hall–Kier alpha value is -2.14. The summed E-state index contributed by atoms with van der Waals surface area (Å²) in [5.74, 6) is 0.357. The molecular weight excluding hydrogens is 344 g/mol. The Morgan fingerprint density at radius 2 is 1.95 bits per heavy atom. The van der Waals surface area contributed by atoms with Crippen LogP contribution in [0.5, 0.6) is 5.75 Å². The maximum Gasteiger partial charge on any atom is 0.277 e. The topological polar surface area (TPSA) is 50.7 Å². The van der Waals surface area contributed by atoms with Crippen LogP contribution in [0, 0.1) is 6.92 Å². The number of ether oxygens (including phenoxy) is 1. The highest BCUT2D eigenvalue weighted by molar-refractivity contribution is 9.10. The van der Waals surface area contributed by atoms with Crippen molar-refractivity contribution >= 4 is 27.5 Å². The molecule has 0 radical (unpaired) electrons. The minimum Gasteiger partial charge on any atom is -0.484 e. The van der Waals surface area contributed by atoms with Crippen LogP contribution < -0.4 is 10.2 Å². The summed E-state index contributed by atoms with van der Waals surface area (Å²) in [6.07, 6.45) is 0. The molecule has 0 aliphatic heterocycles. The van der Waals surface area contributed by atoms with Gasteiger partial charge in [0.05, 0.1) is 5.71 Å². The Morgan fingerprint density at radius 1 is 1.23 bits per heavy atom. The molecule has 114 valence electrons. The molecule has 0 bridgehead atoms. The molecule has 5 heteroatoms. The second-order valence-electron chi connectivity index (χ2n) is 4.80. The van der Waals surface area contributed by atoms with E-state index in [0.29, 0.717) is 5.75 Å². The number of aryl methyl sites for hydroxylation is 1. The Kier molecular flexibility index (Phi) is 5.72. The number of nitrogens with zero attached hydrogens (tertiary/aromatic N) is 1. The first-order valence-corrected chi connectivity index (χ1v) is 7.63. The molecule has 0 saturated carbocycles. The lowest BCUT2D eigenvalue weighted by atomic mass is 10.1. The number of carbonyl (C=O) groups excluding carboxylic acids is 1. The number of halogens is 1. The quantitative estimate of drug-likeness (QED) is 0.653. The van der Waals surface area contributed by atoms with E-state index in [0.717, 1.165) is 21.3 Å². The number of nitrogens with one attached hydrogen (secondary N) is 1. The van der Waals surface area contributed by atoms with Crippen LogP contribution in [0.1, 0.15) is 18.1 Å². The third kappa shape index (κ3) is 4.70. The third-order valence-electron chi connectivity index (χ3n) is 3.04. The molecule has 1 N–H and O–H groups in total. The second-order valence-corrected chi connectivity index (χ2v) is 5.65. The van der Waals surface area contributed by atoms with Crippen LogP contribution in [-0.2, 0) is 4.79 Å². The fourth-order valence-corrected chi connectivity index (χ4v) is 2.02. The minimum absolute atomic E-state index is 0.0767. The molecule has 4 nitrogen and oxygen atoms in total. The maximum atomic E-state index is 11.8.